The predicted molar refractivity (Wildman–Crippen MR) is 53.0 cm³/mol. The highest BCUT2D eigenvalue weighted by Gasteiger charge is 2.38. The fourth-order valence-corrected chi connectivity index (χ4v) is 2.91. The zero-order valence-electron chi connectivity index (χ0n) is 8.30. The Labute approximate surface area is 79.2 Å². The van der Waals surface area contributed by atoms with Gasteiger partial charge in [0.1, 0.15) is 0 Å². The third-order valence-corrected chi connectivity index (χ3v) is 3.79. The first-order valence-corrected chi connectivity index (χ1v) is 5.23. The number of nitrogens with zero attached hydrogens (tertiary/aromatic N) is 1. The fourth-order valence-electron chi connectivity index (χ4n) is 2.91. The van der Waals surface area contributed by atoms with Crippen molar-refractivity contribution in [3.8, 4) is 0 Å². The van der Waals surface area contributed by atoms with Crippen molar-refractivity contribution in [3.63, 3.8) is 0 Å². The number of pyridine rings is 1. The van der Waals surface area contributed by atoms with Crippen LogP contribution in [0.15, 0.2) is 6.07 Å². The van der Waals surface area contributed by atoms with E-state index in [4.69, 9.17) is 4.98 Å². The Hall–Kier alpha value is -0.850. The Kier molecular flexibility index (Phi) is 1.36. The lowest BCUT2D eigenvalue weighted by Gasteiger charge is -2.15. The SMILES string of the molecule is Cc1cc2c(nc1C)C1CCC2C1. The number of rotatable bonds is 0. The van der Waals surface area contributed by atoms with E-state index in [1.807, 2.05) is 0 Å². The van der Waals surface area contributed by atoms with Crippen LogP contribution in [0.2, 0.25) is 0 Å². The summed E-state index contributed by atoms with van der Waals surface area (Å²) >= 11 is 0. The van der Waals surface area contributed by atoms with E-state index in [-0.39, 0.29) is 0 Å². The molecule has 2 atom stereocenters. The summed E-state index contributed by atoms with van der Waals surface area (Å²) in [4.78, 5) is 4.74. The predicted octanol–water partition coefficient (Wildman–Crippen LogP) is 3.06. The average molecular weight is 173 g/mol. The van der Waals surface area contributed by atoms with Gasteiger partial charge in [0.05, 0.1) is 0 Å². The van der Waals surface area contributed by atoms with Crippen LogP contribution in [0.3, 0.4) is 0 Å². The molecule has 0 amide bonds. The van der Waals surface area contributed by atoms with Gasteiger partial charge in [-0.15, -0.1) is 0 Å². The molecule has 1 aromatic rings. The first-order valence-electron chi connectivity index (χ1n) is 5.23. The molecule has 1 saturated carbocycles. The highest BCUT2D eigenvalue weighted by molar-refractivity contribution is 5.40. The van der Waals surface area contributed by atoms with Crippen LogP contribution < -0.4 is 0 Å². The smallest absolute Gasteiger partial charge is 0.0472 e. The Morgan fingerprint density at radius 1 is 1.23 bits per heavy atom. The van der Waals surface area contributed by atoms with Crippen molar-refractivity contribution in [2.75, 3.05) is 0 Å². The third kappa shape index (κ3) is 0.903. The summed E-state index contributed by atoms with van der Waals surface area (Å²) in [6, 6.07) is 2.38. The van der Waals surface area contributed by atoms with Gasteiger partial charge in [0.15, 0.2) is 0 Å². The molecule has 1 fully saturated rings. The first-order chi connectivity index (χ1) is 6.25. The second-order valence-electron chi connectivity index (χ2n) is 4.57. The molecule has 0 N–H and O–H groups in total. The van der Waals surface area contributed by atoms with Gasteiger partial charge in [-0.05, 0) is 50.2 Å². The number of hydrogen-bond donors (Lipinski definition) is 0. The summed E-state index contributed by atoms with van der Waals surface area (Å²) in [7, 11) is 0. The van der Waals surface area contributed by atoms with Crippen LogP contribution in [0.1, 0.15) is 53.6 Å². The van der Waals surface area contributed by atoms with E-state index in [9.17, 15) is 0 Å². The van der Waals surface area contributed by atoms with Crippen molar-refractivity contribution in [1.82, 2.24) is 4.98 Å². The number of aromatic nitrogens is 1. The lowest BCUT2D eigenvalue weighted by atomic mass is 9.94. The molecule has 0 aliphatic heterocycles. The van der Waals surface area contributed by atoms with Gasteiger partial charge in [-0.1, -0.05) is 6.07 Å². The van der Waals surface area contributed by atoms with E-state index in [0.717, 1.165) is 11.8 Å². The fraction of sp³-hybridized carbons (Fsp3) is 0.583. The van der Waals surface area contributed by atoms with Gasteiger partial charge >= 0.3 is 0 Å². The van der Waals surface area contributed by atoms with E-state index >= 15 is 0 Å². The van der Waals surface area contributed by atoms with Gasteiger partial charge in [-0.3, -0.25) is 4.98 Å². The second kappa shape index (κ2) is 2.34. The lowest BCUT2D eigenvalue weighted by molar-refractivity contribution is 0.692. The van der Waals surface area contributed by atoms with E-state index < -0.39 is 0 Å². The highest BCUT2D eigenvalue weighted by atomic mass is 14.7. The van der Waals surface area contributed by atoms with E-state index in [2.05, 4.69) is 19.9 Å². The van der Waals surface area contributed by atoms with E-state index in [0.29, 0.717) is 0 Å². The molecular weight excluding hydrogens is 158 g/mol. The van der Waals surface area contributed by atoms with Crippen molar-refractivity contribution >= 4 is 0 Å². The normalized spacial score (nSPS) is 29.4. The quantitative estimate of drug-likeness (QED) is 0.587. The molecule has 2 aliphatic carbocycles. The monoisotopic (exact) mass is 173 g/mol. The molecule has 68 valence electrons. The Morgan fingerprint density at radius 2 is 2.00 bits per heavy atom. The van der Waals surface area contributed by atoms with Gasteiger partial charge < -0.3 is 0 Å². The molecular formula is C12H15N. The van der Waals surface area contributed by atoms with Gasteiger partial charge in [0.25, 0.3) is 0 Å². The molecule has 3 rings (SSSR count). The molecule has 1 aromatic heterocycles. The third-order valence-electron chi connectivity index (χ3n) is 3.79. The topological polar surface area (TPSA) is 12.9 Å². The minimum absolute atomic E-state index is 0.805. The number of aryl methyl sites for hydroxylation is 2. The molecule has 1 heterocycles. The molecule has 13 heavy (non-hydrogen) atoms. The van der Waals surface area contributed by atoms with Crippen molar-refractivity contribution < 1.29 is 0 Å². The number of hydrogen-bond acceptors (Lipinski definition) is 1. The maximum absolute atomic E-state index is 4.74. The van der Waals surface area contributed by atoms with E-state index in [1.54, 1.807) is 5.56 Å². The minimum atomic E-state index is 0.805. The molecule has 0 saturated heterocycles. The van der Waals surface area contributed by atoms with Crippen LogP contribution >= 0.6 is 0 Å². The summed E-state index contributed by atoms with van der Waals surface area (Å²) in [6.45, 7) is 4.30. The molecule has 2 unspecified atom stereocenters. The van der Waals surface area contributed by atoms with Crippen LogP contribution in [0.25, 0.3) is 0 Å². The number of fused-ring (bicyclic) bond motifs is 5. The van der Waals surface area contributed by atoms with Crippen LogP contribution in [0.5, 0.6) is 0 Å². The van der Waals surface area contributed by atoms with Crippen molar-refractivity contribution in [1.29, 1.82) is 0 Å². The molecule has 1 nitrogen and oxygen atoms in total. The van der Waals surface area contributed by atoms with Crippen molar-refractivity contribution in [2.24, 2.45) is 0 Å². The van der Waals surface area contributed by atoms with Gasteiger partial charge in [-0.25, -0.2) is 0 Å². The van der Waals surface area contributed by atoms with Crippen LogP contribution in [0.4, 0.5) is 0 Å². The second-order valence-corrected chi connectivity index (χ2v) is 4.57. The van der Waals surface area contributed by atoms with Gasteiger partial charge in [-0.2, -0.15) is 0 Å². The van der Waals surface area contributed by atoms with Gasteiger partial charge in [0.2, 0.25) is 0 Å². The molecule has 1 heteroatoms. The first kappa shape index (κ1) is 7.54. The highest BCUT2D eigenvalue weighted by Crippen LogP contribution is 2.52. The summed E-state index contributed by atoms with van der Waals surface area (Å²) in [5.74, 6) is 1.66. The minimum Gasteiger partial charge on any atom is -0.257 e. The zero-order valence-corrected chi connectivity index (χ0v) is 8.30. The Morgan fingerprint density at radius 3 is 2.85 bits per heavy atom. The summed E-state index contributed by atoms with van der Waals surface area (Å²) in [6.07, 6.45) is 4.17. The van der Waals surface area contributed by atoms with Crippen molar-refractivity contribution in [3.05, 3.63) is 28.6 Å². The Bertz CT molecular complexity index is 333. The summed E-state index contributed by atoms with van der Waals surface area (Å²) in [5, 5.41) is 0. The molecule has 0 radical (unpaired) electrons. The van der Waals surface area contributed by atoms with E-state index in [1.165, 1.54) is 36.2 Å². The lowest BCUT2D eigenvalue weighted by Crippen LogP contribution is -2.03. The standard InChI is InChI=1S/C12H15N/c1-7-5-11-9-3-4-10(6-9)12(11)13-8(7)2/h5,9-10H,3-4,6H2,1-2H3. The van der Waals surface area contributed by atoms with Gasteiger partial charge in [0, 0.05) is 17.3 Å². The molecule has 0 spiro atoms. The molecule has 2 bridgehead atoms. The van der Waals surface area contributed by atoms with Crippen LogP contribution in [-0.4, -0.2) is 4.98 Å². The summed E-state index contributed by atoms with van der Waals surface area (Å²) < 4.78 is 0. The zero-order chi connectivity index (χ0) is 9.00. The molecule has 0 aromatic carbocycles. The van der Waals surface area contributed by atoms with Crippen molar-refractivity contribution in [2.45, 2.75) is 44.9 Å². The Balaban J connectivity index is 2.22. The van der Waals surface area contributed by atoms with Crippen LogP contribution in [-0.2, 0) is 0 Å². The molecule has 2 aliphatic rings. The largest absolute Gasteiger partial charge is 0.257 e. The average Bonchev–Trinajstić information content (AvgIpc) is 2.67. The maximum Gasteiger partial charge on any atom is 0.0472 e. The maximum atomic E-state index is 4.74. The van der Waals surface area contributed by atoms with Crippen LogP contribution in [0, 0.1) is 13.8 Å². The summed E-state index contributed by atoms with van der Waals surface area (Å²) in [5.41, 5.74) is 5.59.